The molecule has 0 aliphatic carbocycles. The van der Waals surface area contributed by atoms with Gasteiger partial charge < -0.3 is 30.4 Å². The molecule has 3 rings (SSSR count). The lowest BCUT2D eigenvalue weighted by molar-refractivity contribution is -0.117. The van der Waals surface area contributed by atoms with Crippen molar-refractivity contribution >= 4 is 5.91 Å². The highest BCUT2D eigenvalue weighted by Gasteiger charge is 2.31. The number of aromatic nitrogens is 3. The molecule has 4 atom stereocenters. The van der Waals surface area contributed by atoms with Crippen molar-refractivity contribution in [1.82, 2.24) is 24.8 Å². The van der Waals surface area contributed by atoms with E-state index in [1.165, 1.54) is 18.1 Å². The summed E-state index contributed by atoms with van der Waals surface area (Å²) in [6.07, 6.45) is -1.72. The van der Waals surface area contributed by atoms with E-state index in [0.717, 1.165) is 17.1 Å². The molecule has 0 aromatic carbocycles. The van der Waals surface area contributed by atoms with Gasteiger partial charge in [-0.3, -0.25) is 24.6 Å². The lowest BCUT2D eigenvalue weighted by Gasteiger charge is -2.28. The van der Waals surface area contributed by atoms with Gasteiger partial charge in [-0.25, -0.2) is 0 Å². The van der Waals surface area contributed by atoms with Crippen LogP contribution in [0.15, 0.2) is 67.1 Å². The van der Waals surface area contributed by atoms with Gasteiger partial charge in [0.1, 0.15) is 24.4 Å². The molecule has 11 heteroatoms. The highest BCUT2D eigenvalue weighted by molar-refractivity contribution is 5.93. The van der Waals surface area contributed by atoms with Gasteiger partial charge in [0.15, 0.2) is 0 Å². The molecule has 0 aliphatic rings. The number of aliphatic hydroxyl groups is 5. The molecule has 5 N–H and O–H groups in total. The molecule has 3 aromatic rings. The van der Waals surface area contributed by atoms with E-state index in [4.69, 9.17) is 5.11 Å². The summed E-state index contributed by atoms with van der Waals surface area (Å²) in [7, 11) is 1.43. The Bertz CT molecular complexity index is 1050. The maximum atomic E-state index is 12.8. The van der Waals surface area contributed by atoms with Crippen LogP contribution in [0.3, 0.4) is 0 Å². The van der Waals surface area contributed by atoms with Crippen LogP contribution in [0.4, 0.5) is 0 Å². The number of amides is 1. The van der Waals surface area contributed by atoms with Crippen molar-refractivity contribution in [3.05, 3.63) is 89.8 Å². The predicted octanol–water partition coefficient (Wildman–Crippen LogP) is -0.418. The number of nitrogens with zero attached hydrogens (tertiary/aromatic N) is 5. The van der Waals surface area contributed by atoms with Gasteiger partial charge in [-0.1, -0.05) is 12.1 Å². The summed E-state index contributed by atoms with van der Waals surface area (Å²) in [5.41, 5.74) is 2.83. The van der Waals surface area contributed by atoms with E-state index in [1.54, 1.807) is 24.5 Å². The fraction of sp³-hybridized carbons (Fsp3) is 0.385. The highest BCUT2D eigenvalue weighted by atomic mass is 16.4. The van der Waals surface area contributed by atoms with Crippen LogP contribution in [0.1, 0.15) is 27.4 Å². The monoisotopic (exact) mass is 511 g/mol. The lowest BCUT2D eigenvalue weighted by atomic mass is 10.0. The highest BCUT2D eigenvalue weighted by Crippen LogP contribution is 2.13. The molecule has 198 valence electrons. The Morgan fingerprint density at radius 1 is 0.784 bits per heavy atom. The summed E-state index contributed by atoms with van der Waals surface area (Å²) in [5, 5.41) is 48.3. The Balaban J connectivity index is 1.63. The Morgan fingerprint density at radius 3 is 1.78 bits per heavy atom. The van der Waals surface area contributed by atoms with E-state index in [9.17, 15) is 25.2 Å². The lowest BCUT2D eigenvalue weighted by Crippen LogP contribution is -2.50. The Morgan fingerprint density at radius 2 is 1.32 bits per heavy atom. The molecule has 0 aliphatic heterocycles. The van der Waals surface area contributed by atoms with Crippen molar-refractivity contribution in [1.29, 1.82) is 0 Å². The second-order valence-corrected chi connectivity index (χ2v) is 8.81. The molecule has 11 nitrogen and oxygen atoms in total. The zero-order valence-electron chi connectivity index (χ0n) is 20.6. The van der Waals surface area contributed by atoms with Crippen LogP contribution >= 0.6 is 0 Å². The topological polar surface area (TPSA) is 163 Å². The second-order valence-electron chi connectivity index (χ2n) is 8.81. The Labute approximate surface area is 215 Å². The molecule has 0 saturated carbocycles. The van der Waals surface area contributed by atoms with Gasteiger partial charge >= 0.3 is 0 Å². The van der Waals surface area contributed by atoms with Crippen LogP contribution < -0.4 is 0 Å². The zero-order valence-corrected chi connectivity index (χ0v) is 20.6. The first-order valence-corrected chi connectivity index (χ1v) is 11.8. The molecule has 0 bridgehead atoms. The van der Waals surface area contributed by atoms with Gasteiger partial charge in [-0.2, -0.15) is 0 Å². The molecule has 0 saturated heterocycles. The van der Waals surface area contributed by atoms with Crippen molar-refractivity contribution in [2.45, 2.75) is 44.1 Å². The van der Waals surface area contributed by atoms with E-state index in [-0.39, 0.29) is 12.1 Å². The first kappa shape index (κ1) is 28.3. The van der Waals surface area contributed by atoms with Gasteiger partial charge in [0.2, 0.25) is 0 Å². The second kappa shape index (κ2) is 13.8. The summed E-state index contributed by atoms with van der Waals surface area (Å²) < 4.78 is 0. The van der Waals surface area contributed by atoms with E-state index in [1.807, 2.05) is 36.4 Å². The number of hydrogen-bond acceptors (Lipinski definition) is 10. The van der Waals surface area contributed by atoms with Gasteiger partial charge in [0.25, 0.3) is 5.91 Å². The minimum Gasteiger partial charge on any atom is -0.394 e. The number of pyridine rings is 3. The average Bonchev–Trinajstić information content (AvgIpc) is 2.92. The standard InChI is InChI=1S/C26H33N5O6/c1-30(16-22(33)24(35)25(36)23(34)17-32)26(37)18-8-9-21(29-12-18)15-31(13-19-6-2-4-10-27-19)14-20-7-3-5-11-28-20/h2-12,22-25,32-36H,13-17H2,1H3/t22?,23-,24-,25-/m1/s1. The molecule has 1 amide bonds. The normalized spacial score (nSPS) is 14.7. The van der Waals surface area contributed by atoms with Gasteiger partial charge in [-0.15, -0.1) is 0 Å². The molecular formula is C26H33N5O6. The summed E-state index contributed by atoms with van der Waals surface area (Å²) >= 11 is 0. The van der Waals surface area contributed by atoms with Crippen LogP contribution in [0.25, 0.3) is 0 Å². The number of aliphatic hydroxyl groups excluding tert-OH is 5. The van der Waals surface area contributed by atoms with Crippen LogP contribution in [0, 0.1) is 0 Å². The predicted molar refractivity (Wildman–Crippen MR) is 134 cm³/mol. The third kappa shape index (κ3) is 8.35. The van der Waals surface area contributed by atoms with Crippen molar-refractivity contribution < 1.29 is 30.3 Å². The summed E-state index contributed by atoms with van der Waals surface area (Å²) in [6.45, 7) is 0.574. The maximum Gasteiger partial charge on any atom is 0.255 e. The van der Waals surface area contributed by atoms with Crippen LogP contribution in [-0.2, 0) is 19.6 Å². The molecule has 3 aromatic heterocycles. The van der Waals surface area contributed by atoms with Crippen molar-refractivity contribution in [3.63, 3.8) is 0 Å². The van der Waals surface area contributed by atoms with Gasteiger partial charge in [0.05, 0.1) is 29.3 Å². The van der Waals surface area contributed by atoms with E-state index >= 15 is 0 Å². The number of rotatable bonds is 13. The molecule has 0 spiro atoms. The van der Waals surface area contributed by atoms with Gasteiger partial charge in [0, 0.05) is 51.8 Å². The first-order valence-electron chi connectivity index (χ1n) is 11.8. The largest absolute Gasteiger partial charge is 0.394 e. The zero-order chi connectivity index (χ0) is 26.8. The van der Waals surface area contributed by atoms with Crippen molar-refractivity contribution in [2.75, 3.05) is 20.2 Å². The molecule has 1 unspecified atom stereocenters. The van der Waals surface area contributed by atoms with Crippen LogP contribution in [-0.4, -0.2) is 101 Å². The van der Waals surface area contributed by atoms with Gasteiger partial charge in [-0.05, 0) is 36.4 Å². The van der Waals surface area contributed by atoms with Crippen molar-refractivity contribution in [3.8, 4) is 0 Å². The Hall–Kier alpha value is -3.32. The Kier molecular flexibility index (Phi) is 10.6. The SMILES string of the molecule is CN(CC(O)[C@@H](O)[C@H](O)[C@H](O)CO)C(=O)c1ccc(CN(Cc2ccccn2)Cc2ccccn2)nc1. The average molecular weight is 512 g/mol. The number of carbonyl (C=O) groups is 1. The molecule has 0 radical (unpaired) electrons. The summed E-state index contributed by atoms with van der Waals surface area (Å²) in [5.74, 6) is -0.443. The minimum absolute atomic E-state index is 0.282. The fourth-order valence-corrected chi connectivity index (χ4v) is 3.74. The van der Waals surface area contributed by atoms with E-state index < -0.39 is 36.9 Å². The van der Waals surface area contributed by atoms with Crippen molar-refractivity contribution in [2.24, 2.45) is 0 Å². The van der Waals surface area contributed by atoms with E-state index in [0.29, 0.717) is 19.6 Å². The summed E-state index contributed by atoms with van der Waals surface area (Å²) in [6, 6.07) is 14.9. The third-order valence-corrected chi connectivity index (χ3v) is 5.81. The number of likely N-dealkylation sites (N-methyl/N-ethyl adjacent to an activating group) is 1. The summed E-state index contributed by atoms with van der Waals surface area (Å²) in [4.78, 5) is 29.4. The fourth-order valence-electron chi connectivity index (χ4n) is 3.74. The number of carbonyl (C=O) groups excluding carboxylic acids is 1. The smallest absolute Gasteiger partial charge is 0.255 e. The molecule has 37 heavy (non-hydrogen) atoms. The minimum atomic E-state index is -1.76. The van der Waals surface area contributed by atoms with Crippen LogP contribution in [0.2, 0.25) is 0 Å². The number of hydrogen-bond donors (Lipinski definition) is 5. The third-order valence-electron chi connectivity index (χ3n) is 5.81. The first-order chi connectivity index (χ1) is 17.8. The van der Waals surface area contributed by atoms with E-state index in [2.05, 4.69) is 19.9 Å². The maximum absolute atomic E-state index is 12.8. The molecular weight excluding hydrogens is 478 g/mol. The quantitative estimate of drug-likeness (QED) is 0.204. The van der Waals surface area contributed by atoms with Crippen LogP contribution in [0.5, 0.6) is 0 Å². The molecule has 3 heterocycles. The molecule has 0 fully saturated rings.